The smallest absolute Gasteiger partial charge is 0.160 e. The fraction of sp³-hybridized carbons (Fsp3) is 0.556. The van der Waals surface area contributed by atoms with Crippen LogP contribution in [0, 0.1) is 5.41 Å². The summed E-state index contributed by atoms with van der Waals surface area (Å²) in [6, 6.07) is 0. The van der Waals surface area contributed by atoms with Crippen LogP contribution in [0.15, 0.2) is 18.7 Å². The van der Waals surface area contributed by atoms with E-state index < -0.39 is 12.1 Å². The van der Waals surface area contributed by atoms with Crippen molar-refractivity contribution < 1.29 is 9.18 Å². The van der Waals surface area contributed by atoms with Gasteiger partial charge in [0.1, 0.15) is 6.67 Å². The average Bonchev–Trinajstić information content (AvgIpc) is 2.57. The fourth-order valence-corrected chi connectivity index (χ4v) is 0.835. The molecule has 0 aromatic carbocycles. The second kappa shape index (κ2) is 3.68. The van der Waals surface area contributed by atoms with Crippen molar-refractivity contribution in [3.05, 3.63) is 18.7 Å². The number of imidazole rings is 1. The summed E-state index contributed by atoms with van der Waals surface area (Å²) < 4.78 is 14.0. The minimum absolute atomic E-state index is 0.118. The zero-order valence-corrected chi connectivity index (χ0v) is 7.83. The second-order valence-electron chi connectivity index (χ2n) is 3.68. The molecule has 13 heavy (non-hydrogen) atoms. The molecule has 0 N–H and O–H groups in total. The highest BCUT2D eigenvalue weighted by Crippen LogP contribution is 2.17. The predicted octanol–water partition coefficient (Wildman–Crippen LogP) is 1.45. The standard InChI is InChI=1S/C9H13FN2O/c1-9(2,6-10)8(13)5-12-4-3-11-7-12/h3-4,7H,5-6H2,1-2H3. The maximum absolute atomic E-state index is 12.4. The summed E-state index contributed by atoms with van der Waals surface area (Å²) in [7, 11) is 0. The van der Waals surface area contributed by atoms with Crippen LogP contribution in [0.4, 0.5) is 4.39 Å². The van der Waals surface area contributed by atoms with Crippen LogP contribution in [-0.4, -0.2) is 22.0 Å². The van der Waals surface area contributed by atoms with E-state index in [1.165, 1.54) is 0 Å². The summed E-state index contributed by atoms with van der Waals surface area (Å²) in [4.78, 5) is 15.3. The van der Waals surface area contributed by atoms with Crippen molar-refractivity contribution in [3.63, 3.8) is 0 Å². The third-order valence-corrected chi connectivity index (χ3v) is 1.97. The molecule has 0 aliphatic carbocycles. The third-order valence-electron chi connectivity index (χ3n) is 1.97. The van der Waals surface area contributed by atoms with Gasteiger partial charge in [0.05, 0.1) is 18.3 Å². The topological polar surface area (TPSA) is 34.9 Å². The van der Waals surface area contributed by atoms with E-state index >= 15 is 0 Å². The predicted molar refractivity (Wildman–Crippen MR) is 47.0 cm³/mol. The molecule has 4 heteroatoms. The number of rotatable bonds is 4. The largest absolute Gasteiger partial charge is 0.330 e. The molecule has 1 aromatic heterocycles. The summed E-state index contributed by atoms with van der Waals surface area (Å²) >= 11 is 0. The number of nitrogens with zero attached hydrogens (tertiary/aromatic N) is 2. The Morgan fingerprint density at radius 2 is 2.31 bits per heavy atom. The first-order valence-electron chi connectivity index (χ1n) is 4.11. The summed E-state index contributed by atoms with van der Waals surface area (Å²) in [6.45, 7) is 2.77. The Morgan fingerprint density at radius 1 is 1.62 bits per heavy atom. The van der Waals surface area contributed by atoms with Gasteiger partial charge in [0.15, 0.2) is 5.78 Å². The zero-order valence-electron chi connectivity index (χ0n) is 7.83. The maximum Gasteiger partial charge on any atom is 0.160 e. The van der Waals surface area contributed by atoms with Crippen LogP contribution in [-0.2, 0) is 11.3 Å². The molecule has 0 radical (unpaired) electrons. The lowest BCUT2D eigenvalue weighted by atomic mass is 9.90. The lowest BCUT2D eigenvalue weighted by Crippen LogP contribution is -2.29. The molecular formula is C9H13FN2O. The van der Waals surface area contributed by atoms with E-state index in [0.29, 0.717) is 0 Å². The Balaban J connectivity index is 2.61. The number of hydrogen-bond acceptors (Lipinski definition) is 2. The number of carbonyl (C=O) groups is 1. The molecule has 72 valence electrons. The maximum atomic E-state index is 12.4. The molecule has 0 bridgehead atoms. The quantitative estimate of drug-likeness (QED) is 0.709. The van der Waals surface area contributed by atoms with E-state index in [2.05, 4.69) is 4.98 Å². The lowest BCUT2D eigenvalue weighted by molar-refractivity contribution is -0.128. The van der Waals surface area contributed by atoms with E-state index in [9.17, 15) is 9.18 Å². The van der Waals surface area contributed by atoms with E-state index in [-0.39, 0.29) is 12.3 Å². The van der Waals surface area contributed by atoms with Crippen molar-refractivity contribution in [2.45, 2.75) is 20.4 Å². The van der Waals surface area contributed by atoms with Gasteiger partial charge in [-0.15, -0.1) is 0 Å². The number of carbonyl (C=O) groups excluding carboxylic acids is 1. The van der Waals surface area contributed by atoms with Gasteiger partial charge in [-0.2, -0.15) is 0 Å². The molecule has 0 saturated carbocycles. The van der Waals surface area contributed by atoms with E-state index in [1.54, 1.807) is 37.1 Å². The highest BCUT2D eigenvalue weighted by molar-refractivity contribution is 5.83. The van der Waals surface area contributed by atoms with E-state index in [1.807, 2.05) is 0 Å². The van der Waals surface area contributed by atoms with Crippen LogP contribution in [0.3, 0.4) is 0 Å². The Morgan fingerprint density at radius 3 is 2.77 bits per heavy atom. The highest BCUT2D eigenvalue weighted by Gasteiger charge is 2.27. The molecule has 0 atom stereocenters. The number of Topliss-reactive ketones (excluding diaryl/α,β-unsaturated/α-hetero) is 1. The fourth-order valence-electron chi connectivity index (χ4n) is 0.835. The number of halogens is 1. The highest BCUT2D eigenvalue weighted by atomic mass is 19.1. The Bertz CT molecular complexity index is 280. The average molecular weight is 184 g/mol. The van der Waals surface area contributed by atoms with Gasteiger partial charge in [-0.3, -0.25) is 9.18 Å². The van der Waals surface area contributed by atoms with Crippen LogP contribution in [0.5, 0.6) is 0 Å². The van der Waals surface area contributed by atoms with Crippen molar-refractivity contribution in [2.24, 2.45) is 5.41 Å². The summed E-state index contributed by atoms with van der Waals surface area (Å²) in [5.41, 5.74) is -0.885. The van der Waals surface area contributed by atoms with Gasteiger partial charge in [-0.05, 0) is 0 Å². The van der Waals surface area contributed by atoms with Gasteiger partial charge < -0.3 is 4.57 Å². The molecule has 0 fully saturated rings. The minimum atomic E-state index is -0.885. The molecule has 0 unspecified atom stereocenters. The van der Waals surface area contributed by atoms with Crippen LogP contribution in [0.1, 0.15) is 13.8 Å². The number of hydrogen-bond donors (Lipinski definition) is 0. The third kappa shape index (κ3) is 2.37. The molecule has 0 aliphatic rings. The van der Waals surface area contributed by atoms with Gasteiger partial charge in [0, 0.05) is 12.4 Å². The van der Waals surface area contributed by atoms with Crippen LogP contribution in [0.25, 0.3) is 0 Å². The molecule has 0 saturated heterocycles. The first kappa shape index (κ1) is 9.89. The molecular weight excluding hydrogens is 171 g/mol. The summed E-state index contributed by atoms with van der Waals surface area (Å²) in [5, 5.41) is 0. The van der Waals surface area contributed by atoms with E-state index in [4.69, 9.17) is 0 Å². The molecule has 0 spiro atoms. The Labute approximate surface area is 76.6 Å². The van der Waals surface area contributed by atoms with Gasteiger partial charge in [0.2, 0.25) is 0 Å². The van der Waals surface area contributed by atoms with E-state index in [0.717, 1.165) is 0 Å². The minimum Gasteiger partial charge on any atom is -0.330 e. The monoisotopic (exact) mass is 184 g/mol. The molecule has 1 aromatic rings. The summed E-state index contributed by atoms with van der Waals surface area (Å²) in [6.07, 6.45) is 4.83. The van der Waals surface area contributed by atoms with Crippen LogP contribution in [0.2, 0.25) is 0 Å². The van der Waals surface area contributed by atoms with Crippen molar-refractivity contribution in [1.82, 2.24) is 9.55 Å². The Hall–Kier alpha value is -1.19. The number of ketones is 1. The number of alkyl halides is 1. The first-order chi connectivity index (χ1) is 6.06. The number of aromatic nitrogens is 2. The molecule has 1 rings (SSSR count). The van der Waals surface area contributed by atoms with Gasteiger partial charge in [0.25, 0.3) is 0 Å². The van der Waals surface area contributed by atoms with Gasteiger partial charge in [-0.1, -0.05) is 13.8 Å². The van der Waals surface area contributed by atoms with Crippen LogP contribution >= 0.6 is 0 Å². The molecule has 0 aliphatic heterocycles. The van der Waals surface area contributed by atoms with Crippen molar-refractivity contribution in [3.8, 4) is 0 Å². The molecule has 0 amide bonds. The van der Waals surface area contributed by atoms with Gasteiger partial charge >= 0.3 is 0 Å². The lowest BCUT2D eigenvalue weighted by Gasteiger charge is -2.18. The summed E-state index contributed by atoms with van der Waals surface area (Å²) in [5.74, 6) is -0.118. The van der Waals surface area contributed by atoms with Crippen molar-refractivity contribution >= 4 is 5.78 Å². The van der Waals surface area contributed by atoms with Gasteiger partial charge in [-0.25, -0.2) is 4.98 Å². The molecule has 1 heterocycles. The van der Waals surface area contributed by atoms with Crippen molar-refractivity contribution in [1.29, 1.82) is 0 Å². The second-order valence-corrected chi connectivity index (χ2v) is 3.68. The first-order valence-corrected chi connectivity index (χ1v) is 4.11. The zero-order chi connectivity index (χ0) is 9.90. The van der Waals surface area contributed by atoms with Crippen molar-refractivity contribution in [2.75, 3.05) is 6.67 Å². The SMILES string of the molecule is CC(C)(CF)C(=O)Cn1ccnc1. The Kier molecular flexibility index (Phi) is 2.80. The van der Waals surface area contributed by atoms with Crippen LogP contribution < -0.4 is 0 Å². The normalized spacial score (nSPS) is 11.6. The molecule has 3 nitrogen and oxygen atoms in total.